The molecule has 0 amide bonds. The number of phenols is 1. The van der Waals surface area contributed by atoms with Crippen LogP contribution in [0.1, 0.15) is 34.0 Å². The number of carbonyl (C=O) groups excluding carboxylic acids is 1. The number of rotatable bonds is 4. The van der Waals surface area contributed by atoms with Crippen molar-refractivity contribution in [2.75, 3.05) is 14.1 Å². The Morgan fingerprint density at radius 2 is 2.00 bits per heavy atom. The topological polar surface area (TPSA) is 54.7 Å². The van der Waals surface area contributed by atoms with Crippen LogP contribution in [0.4, 0.5) is 0 Å². The predicted molar refractivity (Wildman–Crippen MR) is 111 cm³/mol. The van der Waals surface area contributed by atoms with E-state index in [0.717, 1.165) is 28.6 Å². The molecule has 0 bridgehead atoms. The van der Waals surface area contributed by atoms with Crippen molar-refractivity contribution in [3.63, 3.8) is 0 Å². The van der Waals surface area contributed by atoms with Crippen LogP contribution in [0.25, 0.3) is 17.0 Å². The van der Waals surface area contributed by atoms with Crippen molar-refractivity contribution in [3.8, 4) is 11.5 Å². The van der Waals surface area contributed by atoms with Crippen molar-refractivity contribution in [3.05, 3.63) is 64.5 Å². The van der Waals surface area contributed by atoms with Crippen molar-refractivity contribution in [1.29, 1.82) is 0 Å². The van der Waals surface area contributed by atoms with Crippen LogP contribution >= 0.6 is 0 Å². The number of ketones is 1. The van der Waals surface area contributed by atoms with Gasteiger partial charge in [-0.2, -0.15) is 0 Å². The number of para-hydroxylation sites is 1. The maximum atomic E-state index is 13.1. The van der Waals surface area contributed by atoms with Crippen molar-refractivity contribution in [2.45, 2.75) is 26.9 Å². The van der Waals surface area contributed by atoms with E-state index < -0.39 is 0 Å². The zero-order chi connectivity index (χ0) is 20.0. The number of aryl methyl sites for hydroxylation is 2. The highest BCUT2D eigenvalue weighted by molar-refractivity contribution is 6.16. The summed E-state index contributed by atoms with van der Waals surface area (Å²) in [6.07, 6.45) is 3.86. The lowest BCUT2D eigenvalue weighted by molar-refractivity contribution is 0.101. The molecule has 0 radical (unpaired) electrons. The highest BCUT2D eigenvalue weighted by Crippen LogP contribution is 2.42. The number of ether oxygens (including phenoxy) is 1. The number of aromatic nitrogens is 1. The number of phenolic OH excluding ortho intramolecular Hbond substituents is 1. The normalized spacial score (nSPS) is 14.9. The molecule has 4 rings (SSSR count). The van der Waals surface area contributed by atoms with E-state index in [2.05, 4.69) is 23.6 Å². The van der Waals surface area contributed by atoms with Crippen molar-refractivity contribution in [2.24, 2.45) is 0 Å². The SMILES string of the molecule is CCn1cc(/C=C2\Oc3c(CN(C)C)c(O)cc(C)c3C2=O)c2ccccc21. The summed E-state index contributed by atoms with van der Waals surface area (Å²) < 4.78 is 8.18. The van der Waals surface area contributed by atoms with Gasteiger partial charge >= 0.3 is 0 Å². The summed E-state index contributed by atoms with van der Waals surface area (Å²) in [7, 11) is 3.83. The van der Waals surface area contributed by atoms with Crippen molar-refractivity contribution >= 4 is 22.8 Å². The van der Waals surface area contributed by atoms with Gasteiger partial charge in [0.15, 0.2) is 5.76 Å². The maximum Gasteiger partial charge on any atom is 0.232 e. The second-order valence-corrected chi connectivity index (χ2v) is 7.46. The molecule has 2 aromatic carbocycles. The average Bonchev–Trinajstić information content (AvgIpc) is 3.17. The first-order valence-corrected chi connectivity index (χ1v) is 9.43. The van der Waals surface area contributed by atoms with Gasteiger partial charge in [-0.1, -0.05) is 18.2 Å². The van der Waals surface area contributed by atoms with Crippen molar-refractivity contribution in [1.82, 2.24) is 9.47 Å². The fraction of sp³-hybridized carbons (Fsp3) is 0.261. The number of aromatic hydroxyl groups is 1. The first kappa shape index (κ1) is 18.3. The Bertz CT molecular complexity index is 1120. The Hall–Kier alpha value is -3.05. The van der Waals surface area contributed by atoms with Gasteiger partial charge in [-0.05, 0) is 51.7 Å². The van der Waals surface area contributed by atoms with E-state index in [1.165, 1.54) is 0 Å². The lowest BCUT2D eigenvalue weighted by Gasteiger charge is -2.15. The molecule has 1 aromatic heterocycles. The number of hydrogen-bond acceptors (Lipinski definition) is 4. The highest BCUT2D eigenvalue weighted by Gasteiger charge is 2.33. The molecule has 144 valence electrons. The Labute approximate surface area is 164 Å². The van der Waals surface area contributed by atoms with E-state index in [9.17, 15) is 9.90 Å². The smallest absolute Gasteiger partial charge is 0.232 e. The third kappa shape index (κ3) is 2.88. The number of allylic oxidation sites excluding steroid dienone is 1. The standard InChI is InChI=1S/C23H24N2O3/c1-5-25-12-15(16-8-6-7-9-18(16)25)11-20-22(27)21-14(2)10-19(26)17(13-24(3)4)23(21)28-20/h6-12,26H,5,13H2,1-4H3/b20-11-. The van der Waals surface area contributed by atoms with Crippen LogP contribution in [0.15, 0.2) is 42.3 Å². The maximum absolute atomic E-state index is 13.1. The van der Waals surface area contributed by atoms with E-state index in [-0.39, 0.29) is 11.5 Å². The third-order valence-electron chi connectivity index (χ3n) is 5.14. The van der Waals surface area contributed by atoms with Gasteiger partial charge in [0.05, 0.1) is 11.1 Å². The molecule has 0 saturated heterocycles. The highest BCUT2D eigenvalue weighted by atomic mass is 16.5. The van der Waals surface area contributed by atoms with Gasteiger partial charge in [0.2, 0.25) is 5.78 Å². The first-order valence-electron chi connectivity index (χ1n) is 9.43. The van der Waals surface area contributed by atoms with Gasteiger partial charge in [-0.15, -0.1) is 0 Å². The fourth-order valence-electron chi connectivity index (χ4n) is 3.84. The molecule has 0 fully saturated rings. The van der Waals surface area contributed by atoms with Gasteiger partial charge in [0.25, 0.3) is 0 Å². The number of fused-ring (bicyclic) bond motifs is 2. The van der Waals surface area contributed by atoms with Gasteiger partial charge in [-0.25, -0.2) is 0 Å². The second-order valence-electron chi connectivity index (χ2n) is 7.46. The quantitative estimate of drug-likeness (QED) is 0.688. The number of nitrogens with zero attached hydrogens (tertiary/aromatic N) is 2. The fourth-order valence-corrected chi connectivity index (χ4v) is 3.84. The zero-order valence-corrected chi connectivity index (χ0v) is 16.6. The molecule has 3 aromatic rings. The summed E-state index contributed by atoms with van der Waals surface area (Å²) in [5.41, 5.74) is 3.98. The Morgan fingerprint density at radius 1 is 1.25 bits per heavy atom. The van der Waals surface area contributed by atoms with Crippen LogP contribution < -0.4 is 4.74 Å². The lowest BCUT2D eigenvalue weighted by atomic mass is 9.99. The summed E-state index contributed by atoms with van der Waals surface area (Å²) in [5, 5.41) is 11.5. The van der Waals surface area contributed by atoms with Gasteiger partial charge in [0, 0.05) is 35.8 Å². The first-order chi connectivity index (χ1) is 13.4. The van der Waals surface area contributed by atoms with Crippen LogP contribution in [0.5, 0.6) is 11.5 Å². The Kier molecular flexibility index (Phi) is 4.47. The summed E-state index contributed by atoms with van der Waals surface area (Å²) >= 11 is 0. The van der Waals surface area contributed by atoms with Crippen LogP contribution in [0.3, 0.4) is 0 Å². The average molecular weight is 376 g/mol. The minimum absolute atomic E-state index is 0.138. The molecule has 28 heavy (non-hydrogen) atoms. The van der Waals surface area contributed by atoms with E-state index in [0.29, 0.717) is 29.2 Å². The molecule has 0 spiro atoms. The Balaban J connectivity index is 1.83. The summed E-state index contributed by atoms with van der Waals surface area (Å²) in [6.45, 7) is 5.25. The second kappa shape index (κ2) is 6.84. The summed E-state index contributed by atoms with van der Waals surface area (Å²) in [4.78, 5) is 15.0. The minimum Gasteiger partial charge on any atom is -0.507 e. The molecule has 5 nitrogen and oxygen atoms in total. The van der Waals surface area contributed by atoms with Crippen LogP contribution in [0.2, 0.25) is 0 Å². The number of Topliss-reactive ketones (excluding diaryl/α,β-unsaturated/α-hetero) is 1. The van der Waals surface area contributed by atoms with E-state index in [1.807, 2.05) is 50.3 Å². The van der Waals surface area contributed by atoms with Crippen LogP contribution in [-0.2, 0) is 13.1 Å². The van der Waals surface area contributed by atoms with Gasteiger partial charge < -0.3 is 19.3 Å². The minimum atomic E-state index is -0.138. The number of carbonyl (C=O) groups is 1. The van der Waals surface area contributed by atoms with Crippen molar-refractivity contribution < 1.29 is 14.6 Å². The molecule has 0 unspecified atom stereocenters. The zero-order valence-electron chi connectivity index (χ0n) is 16.6. The van der Waals surface area contributed by atoms with E-state index in [1.54, 1.807) is 6.07 Å². The largest absolute Gasteiger partial charge is 0.507 e. The Morgan fingerprint density at radius 3 is 2.71 bits per heavy atom. The molecule has 1 aliphatic rings. The monoisotopic (exact) mass is 376 g/mol. The van der Waals surface area contributed by atoms with E-state index >= 15 is 0 Å². The molecule has 1 N–H and O–H groups in total. The molecular weight excluding hydrogens is 352 g/mol. The van der Waals surface area contributed by atoms with Gasteiger partial charge in [-0.3, -0.25) is 4.79 Å². The third-order valence-corrected chi connectivity index (χ3v) is 5.14. The summed E-state index contributed by atoms with van der Waals surface area (Å²) in [6, 6.07) is 9.77. The summed E-state index contributed by atoms with van der Waals surface area (Å²) in [5.74, 6) is 0.784. The molecule has 0 atom stereocenters. The molecule has 1 aliphatic heterocycles. The molecule has 5 heteroatoms. The van der Waals surface area contributed by atoms with Crippen LogP contribution in [-0.4, -0.2) is 34.5 Å². The number of hydrogen-bond donors (Lipinski definition) is 1. The predicted octanol–water partition coefficient (Wildman–Crippen LogP) is 4.35. The van der Waals surface area contributed by atoms with Crippen LogP contribution in [0, 0.1) is 6.92 Å². The lowest BCUT2D eigenvalue weighted by Crippen LogP contribution is -2.12. The molecule has 0 saturated carbocycles. The van der Waals surface area contributed by atoms with E-state index in [4.69, 9.17) is 4.74 Å². The number of benzene rings is 2. The molecule has 0 aliphatic carbocycles. The van der Waals surface area contributed by atoms with Gasteiger partial charge in [0.1, 0.15) is 11.5 Å². The molecular formula is C23H24N2O3. The molecule has 2 heterocycles.